The smallest absolute Gasteiger partial charge is 0.432 e. The molecule has 2 atom stereocenters. The monoisotopic (exact) mass is 520 g/mol. The zero-order chi connectivity index (χ0) is 27.0. The van der Waals surface area contributed by atoms with E-state index in [0.717, 1.165) is 52.1 Å². The Balaban J connectivity index is 2.04. The van der Waals surface area contributed by atoms with Crippen molar-refractivity contribution < 1.29 is 27.4 Å². The molecule has 1 aliphatic rings. The van der Waals surface area contributed by atoms with Crippen molar-refractivity contribution in [2.75, 3.05) is 7.11 Å². The fourth-order valence-corrected chi connectivity index (χ4v) is 4.93. The Labute approximate surface area is 221 Å². The molecule has 0 bridgehead atoms. The number of benzene rings is 1. The summed E-state index contributed by atoms with van der Waals surface area (Å²) in [7, 11) is 0.886. The highest BCUT2D eigenvalue weighted by atomic mass is 19.4. The molecule has 1 aliphatic carbocycles. The number of carbonyl (C=O) groups is 1. The van der Waals surface area contributed by atoms with Crippen molar-refractivity contribution in [1.29, 1.82) is 0 Å². The number of hydrogen-bond donors (Lipinski definition) is 0. The number of esters is 1. The molecular formula is C31H43F3O3. The molecule has 0 amide bonds. The highest BCUT2D eigenvalue weighted by molar-refractivity contribution is 5.83. The SMILES string of the molecule is CCCCCCCCCC/C=C/C#C[C@@H](OC(=O)[C@](OC)(c1ccccc1)C(F)(F)F)C1CCCCC1. The molecule has 0 aromatic heterocycles. The minimum atomic E-state index is -5.00. The molecule has 2 rings (SSSR count). The second-order valence-corrected chi connectivity index (χ2v) is 9.93. The molecule has 0 aliphatic heterocycles. The van der Waals surface area contributed by atoms with Crippen LogP contribution in [-0.2, 0) is 19.9 Å². The summed E-state index contributed by atoms with van der Waals surface area (Å²) >= 11 is 0. The van der Waals surface area contributed by atoms with Crippen molar-refractivity contribution in [2.45, 2.75) is 115 Å². The van der Waals surface area contributed by atoms with Crippen LogP contribution in [0.2, 0.25) is 0 Å². The summed E-state index contributed by atoms with van der Waals surface area (Å²) < 4.78 is 53.3. The van der Waals surface area contributed by atoms with Crippen LogP contribution in [0, 0.1) is 17.8 Å². The van der Waals surface area contributed by atoms with Crippen molar-refractivity contribution in [3.05, 3.63) is 48.0 Å². The molecule has 1 aromatic carbocycles. The standard InChI is InChI=1S/C31H43F3O3/c1-3-4-5-6-7-8-9-10-11-12-13-20-25-28(26-21-16-14-17-22-26)37-29(35)30(36-2,31(32,33)34)27-23-18-15-19-24-27/h12-13,15,18-19,23-24,26,28H,3-11,14,16-17,21-22H2,1-2H3/b13-12+/t28-,30-/m1/s1. The Morgan fingerprint density at radius 3 is 2.22 bits per heavy atom. The first-order chi connectivity index (χ1) is 17.9. The number of halogens is 3. The summed E-state index contributed by atoms with van der Waals surface area (Å²) in [5, 5.41) is 0. The predicted molar refractivity (Wildman–Crippen MR) is 142 cm³/mol. The molecule has 206 valence electrons. The molecule has 1 fully saturated rings. The van der Waals surface area contributed by atoms with E-state index < -0.39 is 23.9 Å². The summed E-state index contributed by atoms with van der Waals surface area (Å²) in [6.45, 7) is 2.22. The van der Waals surface area contributed by atoms with Crippen molar-refractivity contribution in [3.63, 3.8) is 0 Å². The van der Waals surface area contributed by atoms with Crippen LogP contribution < -0.4 is 0 Å². The van der Waals surface area contributed by atoms with Crippen LogP contribution in [0.15, 0.2) is 42.5 Å². The fraction of sp³-hybridized carbons (Fsp3) is 0.645. The van der Waals surface area contributed by atoms with Gasteiger partial charge in [0.1, 0.15) is 0 Å². The van der Waals surface area contributed by atoms with Crippen molar-refractivity contribution in [2.24, 2.45) is 5.92 Å². The Kier molecular flexibility index (Phi) is 13.9. The molecule has 0 N–H and O–H groups in total. The highest BCUT2D eigenvalue weighted by Crippen LogP contribution is 2.43. The van der Waals surface area contributed by atoms with Gasteiger partial charge in [-0.1, -0.05) is 119 Å². The first kappa shape index (κ1) is 31.0. The summed E-state index contributed by atoms with van der Waals surface area (Å²) in [5.41, 5.74) is -3.51. The van der Waals surface area contributed by atoms with Crippen LogP contribution >= 0.6 is 0 Å². The van der Waals surface area contributed by atoms with Gasteiger partial charge in [0.05, 0.1) is 0 Å². The summed E-state index contributed by atoms with van der Waals surface area (Å²) in [4.78, 5) is 13.2. The number of carbonyl (C=O) groups excluding carboxylic acids is 1. The third kappa shape index (κ3) is 9.52. The number of methoxy groups -OCH3 is 1. The quantitative estimate of drug-likeness (QED) is 0.140. The lowest BCUT2D eigenvalue weighted by atomic mass is 9.85. The Morgan fingerprint density at radius 2 is 1.62 bits per heavy atom. The normalized spacial score (nSPS) is 17.1. The fourth-order valence-electron chi connectivity index (χ4n) is 4.93. The van der Waals surface area contributed by atoms with Gasteiger partial charge in [-0.25, -0.2) is 4.79 Å². The van der Waals surface area contributed by atoms with Crippen LogP contribution in [0.4, 0.5) is 13.2 Å². The average Bonchev–Trinajstić information content (AvgIpc) is 2.89. The number of unbranched alkanes of at least 4 members (excludes halogenated alkanes) is 8. The lowest BCUT2D eigenvalue weighted by Gasteiger charge is -2.34. The largest absolute Gasteiger partial charge is 0.446 e. The zero-order valence-electron chi connectivity index (χ0n) is 22.5. The summed E-state index contributed by atoms with van der Waals surface area (Å²) in [5.74, 6) is 4.32. The van der Waals surface area contributed by atoms with Gasteiger partial charge < -0.3 is 9.47 Å². The van der Waals surface area contributed by atoms with E-state index in [0.29, 0.717) is 0 Å². The van der Waals surface area contributed by atoms with Gasteiger partial charge in [0.25, 0.3) is 5.60 Å². The topological polar surface area (TPSA) is 35.5 Å². The van der Waals surface area contributed by atoms with Crippen LogP contribution in [0.5, 0.6) is 0 Å². The van der Waals surface area contributed by atoms with Crippen LogP contribution in [0.25, 0.3) is 0 Å². The second kappa shape index (κ2) is 16.6. The van der Waals surface area contributed by atoms with E-state index in [1.54, 1.807) is 12.1 Å². The Morgan fingerprint density at radius 1 is 1.00 bits per heavy atom. The third-order valence-electron chi connectivity index (χ3n) is 7.14. The molecule has 0 heterocycles. The van der Waals surface area contributed by atoms with E-state index in [4.69, 9.17) is 9.47 Å². The van der Waals surface area contributed by atoms with Gasteiger partial charge in [0.15, 0.2) is 6.10 Å². The van der Waals surface area contributed by atoms with E-state index >= 15 is 0 Å². The maximum Gasteiger partial charge on any atom is 0.432 e. The first-order valence-electron chi connectivity index (χ1n) is 13.9. The summed E-state index contributed by atoms with van der Waals surface area (Å²) in [6.07, 6.45) is 13.2. The van der Waals surface area contributed by atoms with E-state index in [-0.39, 0.29) is 11.5 Å². The van der Waals surface area contributed by atoms with E-state index in [1.807, 2.05) is 6.08 Å². The van der Waals surface area contributed by atoms with Gasteiger partial charge in [0, 0.05) is 18.6 Å². The van der Waals surface area contributed by atoms with Gasteiger partial charge >= 0.3 is 12.1 Å². The number of rotatable bonds is 14. The lowest BCUT2D eigenvalue weighted by molar-refractivity contribution is -0.278. The highest BCUT2D eigenvalue weighted by Gasteiger charge is 2.64. The zero-order valence-corrected chi connectivity index (χ0v) is 22.5. The molecule has 3 nitrogen and oxygen atoms in total. The van der Waals surface area contributed by atoms with E-state index in [2.05, 4.69) is 18.8 Å². The molecule has 0 unspecified atom stereocenters. The van der Waals surface area contributed by atoms with Gasteiger partial charge in [-0.3, -0.25) is 0 Å². The molecule has 1 aromatic rings. The third-order valence-corrected chi connectivity index (χ3v) is 7.14. The van der Waals surface area contributed by atoms with Gasteiger partial charge in [0.2, 0.25) is 0 Å². The molecule has 1 saturated carbocycles. The van der Waals surface area contributed by atoms with Crippen LogP contribution in [0.1, 0.15) is 102 Å². The summed E-state index contributed by atoms with van der Waals surface area (Å²) in [6, 6.07) is 6.93. The lowest BCUT2D eigenvalue weighted by Crippen LogP contribution is -2.53. The molecule has 37 heavy (non-hydrogen) atoms. The second-order valence-electron chi connectivity index (χ2n) is 9.93. The maximum absolute atomic E-state index is 14.3. The average molecular weight is 521 g/mol. The Bertz CT molecular complexity index is 863. The Hall–Kier alpha value is -2.26. The van der Waals surface area contributed by atoms with Crippen LogP contribution in [0.3, 0.4) is 0 Å². The van der Waals surface area contributed by atoms with Gasteiger partial charge in [-0.15, -0.1) is 0 Å². The van der Waals surface area contributed by atoms with Gasteiger partial charge in [-0.05, 0) is 31.8 Å². The van der Waals surface area contributed by atoms with Gasteiger partial charge in [-0.2, -0.15) is 13.2 Å². The predicted octanol–water partition coefficient (Wildman–Crippen LogP) is 8.67. The molecule has 0 saturated heterocycles. The molecule has 0 radical (unpaired) electrons. The van der Waals surface area contributed by atoms with Crippen molar-refractivity contribution >= 4 is 5.97 Å². The van der Waals surface area contributed by atoms with Crippen molar-refractivity contribution in [3.8, 4) is 11.8 Å². The number of alkyl halides is 3. The first-order valence-corrected chi connectivity index (χ1v) is 13.9. The number of ether oxygens (including phenoxy) is 2. The maximum atomic E-state index is 14.3. The molecular weight excluding hydrogens is 477 g/mol. The van der Waals surface area contributed by atoms with Crippen molar-refractivity contribution in [1.82, 2.24) is 0 Å². The van der Waals surface area contributed by atoms with E-state index in [1.165, 1.54) is 69.2 Å². The minimum absolute atomic E-state index is 0.0927. The molecule has 0 spiro atoms. The minimum Gasteiger partial charge on any atom is -0.446 e. The number of allylic oxidation sites excluding steroid dienone is 2. The molecule has 6 heteroatoms. The van der Waals surface area contributed by atoms with Crippen LogP contribution in [-0.4, -0.2) is 25.4 Å². The number of hydrogen-bond acceptors (Lipinski definition) is 3. The van der Waals surface area contributed by atoms with E-state index in [9.17, 15) is 18.0 Å².